The van der Waals surface area contributed by atoms with Crippen molar-refractivity contribution in [2.24, 2.45) is 4.99 Å². The van der Waals surface area contributed by atoms with Crippen LogP contribution in [0.1, 0.15) is 39.5 Å². The summed E-state index contributed by atoms with van der Waals surface area (Å²) >= 11 is 1.88. The van der Waals surface area contributed by atoms with Gasteiger partial charge in [0.1, 0.15) is 0 Å². The molecule has 0 aliphatic carbocycles. The molecule has 0 fully saturated rings. The molecule has 0 aromatic heterocycles. The first-order valence-corrected chi connectivity index (χ1v) is 8.80. The first-order chi connectivity index (χ1) is 9.74. The molecule has 0 radical (unpaired) electrons. The summed E-state index contributed by atoms with van der Waals surface area (Å²) in [6.45, 7) is 6.73. The van der Waals surface area contributed by atoms with Gasteiger partial charge in [0.2, 0.25) is 0 Å². The molecule has 0 aromatic carbocycles. The van der Waals surface area contributed by atoms with E-state index in [0.29, 0.717) is 19.6 Å². The Balaban J connectivity index is 0. The molecule has 0 aliphatic rings. The summed E-state index contributed by atoms with van der Waals surface area (Å²) in [5, 5.41) is 6.51. The second-order valence-electron chi connectivity index (χ2n) is 4.30. The third-order valence-corrected chi connectivity index (χ3v) is 3.22. The Morgan fingerprint density at radius 2 is 1.95 bits per heavy atom. The van der Waals surface area contributed by atoms with Gasteiger partial charge < -0.3 is 15.4 Å². The predicted molar refractivity (Wildman–Crippen MR) is 103 cm³/mol. The Labute approximate surface area is 150 Å². The Bertz CT molecular complexity index is 279. The summed E-state index contributed by atoms with van der Waals surface area (Å²) in [6, 6.07) is 0. The molecule has 0 bridgehead atoms. The molecule has 0 saturated carbocycles. The molecule has 0 aromatic rings. The normalized spacial score (nSPS) is 10.7. The number of aliphatic imine (C=N–C) groups is 1. The largest absolute Gasteiger partial charge is 0.466 e. The lowest BCUT2D eigenvalue weighted by molar-refractivity contribution is -0.143. The molecule has 7 heteroatoms. The molecule has 5 nitrogen and oxygen atoms in total. The van der Waals surface area contributed by atoms with E-state index in [1.54, 1.807) is 0 Å². The molecule has 0 rings (SSSR count). The number of thioether (sulfide) groups is 1. The Morgan fingerprint density at radius 3 is 2.57 bits per heavy atom. The van der Waals surface area contributed by atoms with E-state index in [-0.39, 0.29) is 29.9 Å². The zero-order valence-corrected chi connectivity index (χ0v) is 16.6. The smallest absolute Gasteiger partial charge is 0.305 e. The minimum absolute atomic E-state index is 0. The van der Waals surface area contributed by atoms with Crippen LogP contribution < -0.4 is 10.6 Å². The van der Waals surface area contributed by atoms with Gasteiger partial charge in [-0.2, -0.15) is 11.8 Å². The number of esters is 1. The number of halogens is 1. The van der Waals surface area contributed by atoms with E-state index < -0.39 is 0 Å². The molecular weight excluding hydrogens is 401 g/mol. The van der Waals surface area contributed by atoms with Crippen molar-refractivity contribution in [1.82, 2.24) is 10.6 Å². The van der Waals surface area contributed by atoms with Gasteiger partial charge in [0, 0.05) is 26.1 Å². The number of guanidine groups is 1. The van der Waals surface area contributed by atoms with E-state index in [9.17, 15) is 4.79 Å². The zero-order chi connectivity index (χ0) is 15.1. The van der Waals surface area contributed by atoms with E-state index in [0.717, 1.165) is 31.9 Å². The molecule has 0 amide bonds. The minimum Gasteiger partial charge on any atom is -0.466 e. The number of nitrogens with one attached hydrogen (secondary N) is 2. The molecule has 126 valence electrons. The average Bonchev–Trinajstić information content (AvgIpc) is 2.43. The minimum atomic E-state index is -0.141. The maximum absolute atomic E-state index is 11.2. The molecule has 0 atom stereocenters. The van der Waals surface area contributed by atoms with Crippen LogP contribution in [0.2, 0.25) is 0 Å². The quantitative estimate of drug-likeness (QED) is 0.173. The summed E-state index contributed by atoms with van der Waals surface area (Å²) in [7, 11) is 0. The molecule has 0 unspecified atom stereocenters. The lowest BCUT2D eigenvalue weighted by Gasteiger charge is -2.11. The maximum Gasteiger partial charge on any atom is 0.305 e. The van der Waals surface area contributed by atoms with Crippen molar-refractivity contribution in [2.45, 2.75) is 39.5 Å². The van der Waals surface area contributed by atoms with Gasteiger partial charge in [-0.3, -0.25) is 9.79 Å². The summed E-state index contributed by atoms with van der Waals surface area (Å²) in [5.74, 6) is 1.90. The molecule has 0 heterocycles. The van der Waals surface area contributed by atoms with E-state index in [2.05, 4.69) is 21.9 Å². The fourth-order valence-corrected chi connectivity index (χ4v) is 2.06. The Hall–Kier alpha value is -0.180. The summed E-state index contributed by atoms with van der Waals surface area (Å²) in [4.78, 5) is 15.6. The highest BCUT2D eigenvalue weighted by Crippen LogP contribution is 1.98. The van der Waals surface area contributed by atoms with Crippen LogP contribution in [0, 0.1) is 0 Å². The van der Waals surface area contributed by atoms with Crippen LogP contribution in [0.5, 0.6) is 0 Å². The van der Waals surface area contributed by atoms with E-state index in [1.807, 2.05) is 25.6 Å². The molecular formula is C14H30IN3O2S. The fraction of sp³-hybridized carbons (Fsp3) is 0.857. The lowest BCUT2D eigenvalue weighted by Crippen LogP contribution is -2.37. The van der Waals surface area contributed by atoms with Crippen molar-refractivity contribution in [3.05, 3.63) is 0 Å². The highest BCUT2D eigenvalue weighted by Gasteiger charge is 2.01. The van der Waals surface area contributed by atoms with Gasteiger partial charge in [-0.15, -0.1) is 24.0 Å². The number of hydrogen-bond acceptors (Lipinski definition) is 4. The fourth-order valence-electron chi connectivity index (χ4n) is 1.57. The lowest BCUT2D eigenvalue weighted by atomic mass is 10.3. The average molecular weight is 431 g/mol. The van der Waals surface area contributed by atoms with Crippen LogP contribution in [0.4, 0.5) is 0 Å². The van der Waals surface area contributed by atoms with Crippen molar-refractivity contribution in [3.8, 4) is 0 Å². The van der Waals surface area contributed by atoms with Gasteiger partial charge in [-0.25, -0.2) is 0 Å². The number of ether oxygens (including phenoxy) is 1. The summed E-state index contributed by atoms with van der Waals surface area (Å²) in [6.07, 6.45) is 5.65. The second kappa shape index (κ2) is 17.9. The molecule has 0 aliphatic heterocycles. The number of carbonyl (C=O) groups is 1. The number of carbonyl (C=O) groups excluding carboxylic acids is 1. The van der Waals surface area contributed by atoms with Crippen molar-refractivity contribution in [2.75, 3.05) is 38.2 Å². The summed E-state index contributed by atoms with van der Waals surface area (Å²) < 4.78 is 4.88. The van der Waals surface area contributed by atoms with Crippen LogP contribution in [-0.4, -0.2) is 50.2 Å². The highest BCUT2D eigenvalue weighted by molar-refractivity contribution is 14.0. The van der Waals surface area contributed by atoms with Gasteiger partial charge in [0.05, 0.1) is 6.61 Å². The van der Waals surface area contributed by atoms with Crippen LogP contribution in [0.25, 0.3) is 0 Å². The van der Waals surface area contributed by atoms with Crippen LogP contribution >= 0.6 is 35.7 Å². The third-order valence-electron chi connectivity index (χ3n) is 2.53. The standard InChI is InChI=1S/C14H29N3O2S.HI/c1-4-15-14(16-10-6-7-12-20-3)17-11-8-9-13(18)19-5-2;/h4-12H2,1-3H3,(H2,15,16,17);1H. The monoisotopic (exact) mass is 431 g/mol. The number of rotatable bonds is 11. The van der Waals surface area contributed by atoms with Gasteiger partial charge in [0.15, 0.2) is 5.96 Å². The maximum atomic E-state index is 11.2. The third kappa shape index (κ3) is 16.0. The number of hydrogen-bond donors (Lipinski definition) is 2. The van der Waals surface area contributed by atoms with Gasteiger partial charge in [0.25, 0.3) is 0 Å². The van der Waals surface area contributed by atoms with E-state index in [4.69, 9.17) is 4.74 Å². The molecule has 21 heavy (non-hydrogen) atoms. The van der Waals surface area contributed by atoms with E-state index in [1.165, 1.54) is 12.2 Å². The van der Waals surface area contributed by atoms with Crippen LogP contribution in [0.15, 0.2) is 4.99 Å². The zero-order valence-electron chi connectivity index (χ0n) is 13.4. The van der Waals surface area contributed by atoms with Crippen molar-refractivity contribution >= 4 is 47.7 Å². The molecule has 2 N–H and O–H groups in total. The summed E-state index contributed by atoms with van der Waals surface area (Å²) in [5.41, 5.74) is 0. The number of unbranched alkanes of at least 4 members (excludes halogenated alkanes) is 1. The SMILES string of the molecule is CCNC(=NCCCC(=O)OCC)NCCCCSC.I. The first kappa shape index (κ1) is 23.1. The van der Waals surface area contributed by atoms with Crippen LogP contribution in [-0.2, 0) is 9.53 Å². The highest BCUT2D eigenvalue weighted by atomic mass is 127. The Morgan fingerprint density at radius 1 is 1.19 bits per heavy atom. The topological polar surface area (TPSA) is 62.7 Å². The molecule has 0 saturated heterocycles. The predicted octanol–water partition coefficient (Wildman–Crippen LogP) is 2.65. The van der Waals surface area contributed by atoms with Gasteiger partial charge >= 0.3 is 5.97 Å². The Kier molecular flexibility index (Phi) is 19.7. The number of nitrogens with zero attached hydrogens (tertiary/aromatic N) is 1. The van der Waals surface area contributed by atoms with Gasteiger partial charge in [-0.1, -0.05) is 0 Å². The van der Waals surface area contributed by atoms with E-state index >= 15 is 0 Å². The first-order valence-electron chi connectivity index (χ1n) is 7.41. The second-order valence-corrected chi connectivity index (χ2v) is 5.28. The van der Waals surface area contributed by atoms with Crippen LogP contribution in [0.3, 0.4) is 0 Å². The van der Waals surface area contributed by atoms with Gasteiger partial charge in [-0.05, 0) is 45.1 Å². The van der Waals surface area contributed by atoms with Crippen molar-refractivity contribution < 1.29 is 9.53 Å². The van der Waals surface area contributed by atoms with Crippen molar-refractivity contribution in [1.29, 1.82) is 0 Å². The molecule has 0 spiro atoms. The van der Waals surface area contributed by atoms with Crippen molar-refractivity contribution in [3.63, 3.8) is 0 Å².